The number of H-pyrrole nitrogens is 1. The number of halogens is 1. The van der Waals surface area contributed by atoms with Crippen molar-refractivity contribution < 1.29 is 0 Å². The normalized spacial score (nSPS) is 14.4. The van der Waals surface area contributed by atoms with Crippen LogP contribution in [0.3, 0.4) is 0 Å². The standard InChI is InChI=1S/C14H18BrN3/c1-9-4-5-12(15)8-13(9)10(2)17-11(3)14-6-7-16-18-14/h4-8,10-11,17H,1-3H3,(H,16,18). The third kappa shape index (κ3) is 3.00. The van der Waals surface area contributed by atoms with Crippen molar-refractivity contribution in [3.63, 3.8) is 0 Å². The number of nitrogens with zero attached hydrogens (tertiary/aromatic N) is 1. The summed E-state index contributed by atoms with van der Waals surface area (Å²) in [5.74, 6) is 0. The smallest absolute Gasteiger partial charge is 0.0518 e. The highest BCUT2D eigenvalue weighted by atomic mass is 79.9. The van der Waals surface area contributed by atoms with E-state index in [1.165, 1.54) is 11.1 Å². The van der Waals surface area contributed by atoms with Crippen LogP contribution in [0, 0.1) is 6.92 Å². The van der Waals surface area contributed by atoms with Gasteiger partial charge in [0.1, 0.15) is 0 Å². The van der Waals surface area contributed by atoms with Crippen LogP contribution in [-0.2, 0) is 0 Å². The molecule has 0 saturated heterocycles. The van der Waals surface area contributed by atoms with Gasteiger partial charge in [0, 0.05) is 22.8 Å². The monoisotopic (exact) mass is 307 g/mol. The van der Waals surface area contributed by atoms with Gasteiger partial charge in [-0.1, -0.05) is 22.0 Å². The molecule has 0 fully saturated rings. The summed E-state index contributed by atoms with van der Waals surface area (Å²) in [6.07, 6.45) is 1.78. The summed E-state index contributed by atoms with van der Waals surface area (Å²) >= 11 is 3.53. The topological polar surface area (TPSA) is 40.7 Å². The van der Waals surface area contributed by atoms with Crippen LogP contribution in [0.2, 0.25) is 0 Å². The first-order valence-corrected chi connectivity index (χ1v) is 6.88. The maximum Gasteiger partial charge on any atom is 0.0518 e. The largest absolute Gasteiger partial charge is 0.302 e. The van der Waals surface area contributed by atoms with E-state index in [-0.39, 0.29) is 6.04 Å². The molecule has 0 aliphatic carbocycles. The molecule has 1 aromatic carbocycles. The van der Waals surface area contributed by atoms with E-state index in [2.05, 4.69) is 70.4 Å². The molecule has 0 radical (unpaired) electrons. The van der Waals surface area contributed by atoms with Crippen LogP contribution in [0.15, 0.2) is 34.9 Å². The molecule has 96 valence electrons. The molecule has 18 heavy (non-hydrogen) atoms. The fourth-order valence-electron chi connectivity index (χ4n) is 2.14. The third-order valence-corrected chi connectivity index (χ3v) is 3.69. The first kappa shape index (κ1) is 13.3. The summed E-state index contributed by atoms with van der Waals surface area (Å²) in [5, 5.41) is 10.6. The molecule has 1 heterocycles. The summed E-state index contributed by atoms with van der Waals surface area (Å²) in [6.45, 7) is 6.46. The molecule has 3 nitrogen and oxygen atoms in total. The van der Waals surface area contributed by atoms with E-state index in [0.717, 1.165) is 10.2 Å². The highest BCUT2D eigenvalue weighted by Crippen LogP contribution is 2.24. The maximum absolute atomic E-state index is 3.98. The van der Waals surface area contributed by atoms with Gasteiger partial charge in [-0.15, -0.1) is 0 Å². The SMILES string of the molecule is Cc1ccc(Br)cc1C(C)NC(C)c1ccn[nH]1. The van der Waals surface area contributed by atoms with Crippen LogP contribution in [0.4, 0.5) is 0 Å². The lowest BCUT2D eigenvalue weighted by atomic mass is 10.0. The lowest BCUT2D eigenvalue weighted by molar-refractivity contribution is 0.484. The van der Waals surface area contributed by atoms with Crippen LogP contribution in [-0.4, -0.2) is 10.2 Å². The van der Waals surface area contributed by atoms with Crippen LogP contribution in [0.25, 0.3) is 0 Å². The predicted molar refractivity (Wildman–Crippen MR) is 77.4 cm³/mol. The number of rotatable bonds is 4. The summed E-state index contributed by atoms with van der Waals surface area (Å²) in [4.78, 5) is 0. The van der Waals surface area contributed by atoms with Crippen molar-refractivity contribution in [1.29, 1.82) is 0 Å². The van der Waals surface area contributed by atoms with Gasteiger partial charge in [-0.3, -0.25) is 5.10 Å². The Morgan fingerprint density at radius 3 is 2.67 bits per heavy atom. The molecule has 0 aliphatic heterocycles. The molecule has 2 unspecified atom stereocenters. The van der Waals surface area contributed by atoms with E-state index in [1.807, 2.05) is 6.07 Å². The molecule has 0 saturated carbocycles. The van der Waals surface area contributed by atoms with E-state index in [4.69, 9.17) is 0 Å². The average Bonchev–Trinajstić information content (AvgIpc) is 2.85. The van der Waals surface area contributed by atoms with Gasteiger partial charge >= 0.3 is 0 Å². The molecule has 1 aromatic heterocycles. The van der Waals surface area contributed by atoms with Crippen LogP contribution in [0.5, 0.6) is 0 Å². The molecule has 4 heteroatoms. The van der Waals surface area contributed by atoms with Gasteiger partial charge in [0.05, 0.1) is 5.69 Å². The number of nitrogens with one attached hydrogen (secondary N) is 2. The first-order valence-electron chi connectivity index (χ1n) is 6.09. The summed E-state index contributed by atoms with van der Waals surface area (Å²) in [7, 11) is 0. The van der Waals surface area contributed by atoms with E-state index in [9.17, 15) is 0 Å². The maximum atomic E-state index is 3.98. The van der Waals surface area contributed by atoms with Crippen molar-refractivity contribution >= 4 is 15.9 Å². The van der Waals surface area contributed by atoms with Crippen LogP contribution < -0.4 is 5.32 Å². The van der Waals surface area contributed by atoms with Gasteiger partial charge in [-0.2, -0.15) is 5.10 Å². The minimum atomic E-state index is 0.251. The van der Waals surface area contributed by atoms with Gasteiger partial charge < -0.3 is 5.32 Å². The van der Waals surface area contributed by atoms with Gasteiger partial charge in [0.15, 0.2) is 0 Å². The number of aromatic amines is 1. The lowest BCUT2D eigenvalue weighted by Gasteiger charge is -2.21. The predicted octanol–water partition coefficient (Wildman–Crippen LogP) is 3.89. The van der Waals surface area contributed by atoms with Crippen molar-refractivity contribution in [2.45, 2.75) is 32.9 Å². The number of aryl methyl sites for hydroxylation is 1. The Balaban J connectivity index is 2.12. The Morgan fingerprint density at radius 2 is 2.00 bits per heavy atom. The molecule has 0 spiro atoms. The first-order chi connectivity index (χ1) is 8.58. The fraction of sp³-hybridized carbons (Fsp3) is 0.357. The van der Waals surface area contributed by atoms with E-state index < -0.39 is 0 Å². The van der Waals surface area contributed by atoms with Gasteiger partial charge in [0.2, 0.25) is 0 Å². The molecule has 2 atom stereocenters. The zero-order valence-electron chi connectivity index (χ0n) is 10.9. The third-order valence-electron chi connectivity index (χ3n) is 3.20. The molecule has 0 bridgehead atoms. The van der Waals surface area contributed by atoms with Gasteiger partial charge in [-0.25, -0.2) is 0 Å². The Morgan fingerprint density at radius 1 is 1.22 bits per heavy atom. The summed E-state index contributed by atoms with van der Waals surface area (Å²) < 4.78 is 1.12. The van der Waals surface area contributed by atoms with Crippen LogP contribution >= 0.6 is 15.9 Å². The zero-order chi connectivity index (χ0) is 13.1. The number of hydrogen-bond acceptors (Lipinski definition) is 2. The summed E-state index contributed by atoms with van der Waals surface area (Å²) in [5.41, 5.74) is 3.72. The molecule has 0 amide bonds. The van der Waals surface area contributed by atoms with Crippen molar-refractivity contribution in [2.24, 2.45) is 0 Å². The van der Waals surface area contributed by atoms with Crippen molar-refractivity contribution in [1.82, 2.24) is 15.5 Å². The molecular weight excluding hydrogens is 290 g/mol. The van der Waals surface area contributed by atoms with Crippen molar-refractivity contribution in [3.05, 3.63) is 51.8 Å². The molecular formula is C14H18BrN3. The molecule has 2 N–H and O–H groups in total. The van der Waals surface area contributed by atoms with Crippen LogP contribution in [0.1, 0.15) is 42.8 Å². The second kappa shape index (κ2) is 5.67. The highest BCUT2D eigenvalue weighted by Gasteiger charge is 2.13. The summed E-state index contributed by atoms with van der Waals surface area (Å²) in [6, 6.07) is 8.93. The number of aromatic nitrogens is 2. The minimum Gasteiger partial charge on any atom is -0.302 e. The highest BCUT2D eigenvalue weighted by molar-refractivity contribution is 9.10. The Labute approximate surface area is 116 Å². The number of hydrogen-bond donors (Lipinski definition) is 2. The van der Waals surface area contributed by atoms with Gasteiger partial charge in [0.25, 0.3) is 0 Å². The average molecular weight is 308 g/mol. The Kier molecular flexibility index (Phi) is 4.19. The second-order valence-electron chi connectivity index (χ2n) is 4.62. The number of benzene rings is 1. The quantitative estimate of drug-likeness (QED) is 0.899. The van der Waals surface area contributed by atoms with Crippen molar-refractivity contribution in [3.8, 4) is 0 Å². The Hall–Kier alpha value is -1.13. The lowest BCUT2D eigenvalue weighted by Crippen LogP contribution is -2.23. The Bertz CT molecular complexity index is 508. The van der Waals surface area contributed by atoms with E-state index in [0.29, 0.717) is 6.04 Å². The van der Waals surface area contributed by atoms with Gasteiger partial charge in [-0.05, 0) is 50.1 Å². The minimum absolute atomic E-state index is 0.251. The van der Waals surface area contributed by atoms with E-state index >= 15 is 0 Å². The fourth-order valence-corrected chi connectivity index (χ4v) is 2.52. The molecule has 0 aliphatic rings. The molecule has 2 rings (SSSR count). The zero-order valence-corrected chi connectivity index (χ0v) is 12.5. The van der Waals surface area contributed by atoms with E-state index in [1.54, 1.807) is 6.20 Å². The van der Waals surface area contributed by atoms with Crippen molar-refractivity contribution in [2.75, 3.05) is 0 Å². The molecule has 2 aromatic rings. The second-order valence-corrected chi connectivity index (χ2v) is 5.54.